The number of rotatable bonds is 2. The SMILES string of the molecule is Cn1nc(-c2ccc(C(=O)N3CC4(CC4)NC4(CC4)C3)s2)cc1C(F)(F)F. The Hall–Kier alpha value is -1.87. The fraction of sp³-hybridized carbons (Fsp3) is 0.556. The van der Waals surface area contributed by atoms with Crippen molar-refractivity contribution in [3.63, 3.8) is 0 Å². The van der Waals surface area contributed by atoms with Crippen molar-refractivity contribution >= 4 is 17.2 Å². The highest BCUT2D eigenvalue weighted by atomic mass is 32.1. The summed E-state index contributed by atoms with van der Waals surface area (Å²) in [5, 5.41) is 7.71. The summed E-state index contributed by atoms with van der Waals surface area (Å²) in [6.07, 6.45) is -0.0522. The van der Waals surface area contributed by atoms with E-state index in [2.05, 4.69) is 10.4 Å². The molecule has 1 aliphatic heterocycles. The van der Waals surface area contributed by atoms with Gasteiger partial charge >= 0.3 is 6.18 Å². The molecule has 5 nitrogen and oxygen atoms in total. The maximum absolute atomic E-state index is 13.0. The lowest BCUT2D eigenvalue weighted by Gasteiger charge is -2.40. The fourth-order valence-corrected chi connectivity index (χ4v) is 4.97. The summed E-state index contributed by atoms with van der Waals surface area (Å²) >= 11 is 1.21. The average molecular weight is 396 g/mol. The molecule has 0 atom stereocenters. The van der Waals surface area contributed by atoms with Crippen molar-refractivity contribution in [3.05, 3.63) is 28.8 Å². The molecule has 9 heteroatoms. The molecule has 144 valence electrons. The van der Waals surface area contributed by atoms with Crippen LogP contribution in [0, 0.1) is 0 Å². The summed E-state index contributed by atoms with van der Waals surface area (Å²) in [5.74, 6) is -0.0303. The van der Waals surface area contributed by atoms with E-state index in [9.17, 15) is 18.0 Å². The molecule has 2 spiro atoms. The van der Waals surface area contributed by atoms with E-state index in [0.717, 1.165) is 36.4 Å². The molecular formula is C18H19F3N4OS. The van der Waals surface area contributed by atoms with E-state index in [1.807, 2.05) is 4.90 Å². The number of aryl methyl sites for hydroxylation is 1. The van der Waals surface area contributed by atoms with E-state index < -0.39 is 11.9 Å². The van der Waals surface area contributed by atoms with Crippen LogP contribution in [0.4, 0.5) is 13.2 Å². The van der Waals surface area contributed by atoms with Crippen LogP contribution in [-0.2, 0) is 13.2 Å². The normalized spacial score (nSPS) is 22.4. The van der Waals surface area contributed by atoms with E-state index in [-0.39, 0.29) is 22.7 Å². The number of alkyl halides is 3. The van der Waals surface area contributed by atoms with Gasteiger partial charge < -0.3 is 10.2 Å². The van der Waals surface area contributed by atoms with Crippen LogP contribution in [0.1, 0.15) is 41.0 Å². The van der Waals surface area contributed by atoms with Gasteiger partial charge in [-0.25, -0.2) is 0 Å². The first kappa shape index (κ1) is 17.2. The topological polar surface area (TPSA) is 50.2 Å². The number of nitrogens with zero attached hydrogens (tertiary/aromatic N) is 3. The van der Waals surface area contributed by atoms with Crippen LogP contribution in [0.15, 0.2) is 18.2 Å². The van der Waals surface area contributed by atoms with Crippen LogP contribution in [0.3, 0.4) is 0 Å². The fourth-order valence-electron chi connectivity index (χ4n) is 4.04. The molecule has 2 aliphatic carbocycles. The van der Waals surface area contributed by atoms with Gasteiger partial charge in [-0.3, -0.25) is 9.48 Å². The second-order valence-corrected chi connectivity index (χ2v) is 9.13. The highest BCUT2D eigenvalue weighted by molar-refractivity contribution is 7.17. The third kappa shape index (κ3) is 2.97. The predicted octanol–water partition coefficient (Wildman–Crippen LogP) is 3.28. The summed E-state index contributed by atoms with van der Waals surface area (Å²) in [6.45, 7) is 1.42. The van der Waals surface area contributed by atoms with Gasteiger partial charge in [-0.1, -0.05) is 0 Å². The maximum atomic E-state index is 13.0. The Morgan fingerprint density at radius 2 is 1.81 bits per heavy atom. The van der Waals surface area contributed by atoms with Crippen molar-refractivity contribution in [1.29, 1.82) is 0 Å². The lowest BCUT2D eigenvalue weighted by Crippen LogP contribution is -2.61. The largest absolute Gasteiger partial charge is 0.433 e. The summed E-state index contributed by atoms with van der Waals surface area (Å²) < 4.78 is 39.8. The first-order valence-corrected chi connectivity index (χ1v) is 9.81. The molecular weight excluding hydrogens is 377 g/mol. The highest BCUT2D eigenvalue weighted by Gasteiger charge is 2.59. The van der Waals surface area contributed by atoms with Gasteiger partial charge in [0, 0.05) is 31.2 Å². The van der Waals surface area contributed by atoms with E-state index in [0.29, 0.717) is 22.8 Å². The van der Waals surface area contributed by atoms with Gasteiger partial charge in [-0.05, 0) is 43.9 Å². The Balaban J connectivity index is 1.38. The Labute approximate surface area is 158 Å². The van der Waals surface area contributed by atoms with Gasteiger partial charge in [0.25, 0.3) is 5.91 Å². The molecule has 2 aromatic heterocycles. The summed E-state index contributed by atoms with van der Waals surface area (Å²) in [7, 11) is 1.27. The molecule has 1 N–H and O–H groups in total. The van der Waals surface area contributed by atoms with Gasteiger partial charge in [-0.2, -0.15) is 18.3 Å². The number of carbonyl (C=O) groups excluding carboxylic acids is 1. The van der Waals surface area contributed by atoms with E-state index >= 15 is 0 Å². The van der Waals surface area contributed by atoms with Crippen LogP contribution >= 0.6 is 11.3 Å². The highest BCUT2D eigenvalue weighted by Crippen LogP contribution is 2.49. The minimum absolute atomic E-state index is 0.0303. The van der Waals surface area contributed by atoms with E-state index in [1.54, 1.807) is 12.1 Å². The Bertz CT molecular complexity index is 903. The molecule has 3 aliphatic rings. The molecule has 1 saturated heterocycles. The molecule has 27 heavy (non-hydrogen) atoms. The third-order valence-electron chi connectivity index (χ3n) is 5.75. The molecule has 2 aromatic rings. The average Bonchev–Trinajstić information content (AvgIpc) is 3.37. The minimum Gasteiger partial charge on any atom is -0.334 e. The van der Waals surface area contributed by atoms with Crippen molar-refractivity contribution in [3.8, 4) is 10.6 Å². The number of amides is 1. The summed E-state index contributed by atoms with van der Waals surface area (Å²) in [4.78, 5) is 16.1. The first-order chi connectivity index (χ1) is 12.7. The summed E-state index contributed by atoms with van der Waals surface area (Å²) in [6, 6.07) is 4.41. The second-order valence-electron chi connectivity index (χ2n) is 8.05. The lowest BCUT2D eigenvalue weighted by molar-refractivity contribution is -0.143. The Kier molecular flexibility index (Phi) is 3.42. The quantitative estimate of drug-likeness (QED) is 0.848. The number of aromatic nitrogens is 2. The number of halogens is 3. The van der Waals surface area contributed by atoms with Crippen molar-refractivity contribution < 1.29 is 18.0 Å². The van der Waals surface area contributed by atoms with Gasteiger partial charge in [-0.15, -0.1) is 11.3 Å². The zero-order valence-corrected chi connectivity index (χ0v) is 15.6. The number of carbonyl (C=O) groups is 1. The van der Waals surface area contributed by atoms with E-state index in [1.165, 1.54) is 18.4 Å². The molecule has 0 unspecified atom stereocenters. The zero-order chi connectivity index (χ0) is 19.0. The first-order valence-electron chi connectivity index (χ1n) is 8.99. The molecule has 2 saturated carbocycles. The summed E-state index contributed by atoms with van der Waals surface area (Å²) in [5.41, 5.74) is -0.376. The molecule has 1 amide bonds. The molecule has 0 aromatic carbocycles. The van der Waals surface area contributed by atoms with Gasteiger partial charge in [0.2, 0.25) is 0 Å². The van der Waals surface area contributed by atoms with Crippen molar-refractivity contribution in [1.82, 2.24) is 20.0 Å². The molecule has 3 fully saturated rings. The standard InChI is InChI=1S/C18H19F3N4OS/c1-24-14(18(19,20)21)8-11(22-24)12-2-3-13(27-12)15(26)25-9-16(4-5-16)23-17(10-25)6-7-17/h2-3,8,23H,4-7,9-10H2,1H3. The van der Waals surface area contributed by atoms with Gasteiger partial charge in [0.1, 0.15) is 11.4 Å². The molecule has 5 rings (SSSR count). The zero-order valence-electron chi connectivity index (χ0n) is 14.8. The third-order valence-corrected chi connectivity index (χ3v) is 6.85. The van der Waals surface area contributed by atoms with Gasteiger partial charge in [0.15, 0.2) is 0 Å². The van der Waals surface area contributed by atoms with Crippen molar-refractivity contribution in [2.24, 2.45) is 7.05 Å². The van der Waals surface area contributed by atoms with Crippen LogP contribution in [-0.4, -0.2) is 44.8 Å². The monoisotopic (exact) mass is 396 g/mol. The van der Waals surface area contributed by atoms with Crippen LogP contribution < -0.4 is 5.32 Å². The lowest BCUT2D eigenvalue weighted by atomic mass is 10.1. The number of thiophene rings is 1. The van der Waals surface area contributed by atoms with E-state index in [4.69, 9.17) is 0 Å². The number of piperazine rings is 1. The molecule has 0 radical (unpaired) electrons. The Morgan fingerprint density at radius 1 is 1.19 bits per heavy atom. The van der Waals surface area contributed by atoms with Gasteiger partial charge in [0.05, 0.1) is 9.75 Å². The number of hydrogen-bond donors (Lipinski definition) is 1. The predicted molar refractivity (Wildman–Crippen MR) is 94.5 cm³/mol. The van der Waals surface area contributed by atoms with Crippen LogP contribution in [0.5, 0.6) is 0 Å². The van der Waals surface area contributed by atoms with Crippen molar-refractivity contribution in [2.45, 2.75) is 42.9 Å². The molecule has 3 heterocycles. The van der Waals surface area contributed by atoms with Crippen LogP contribution in [0.2, 0.25) is 0 Å². The number of hydrogen-bond acceptors (Lipinski definition) is 4. The van der Waals surface area contributed by atoms with Crippen LogP contribution in [0.25, 0.3) is 10.6 Å². The minimum atomic E-state index is -4.45. The molecule has 0 bridgehead atoms. The Morgan fingerprint density at radius 3 is 2.33 bits per heavy atom. The number of nitrogens with one attached hydrogen (secondary N) is 1. The maximum Gasteiger partial charge on any atom is 0.433 e. The second kappa shape index (κ2) is 5.35. The smallest absolute Gasteiger partial charge is 0.334 e. The van der Waals surface area contributed by atoms with Crippen molar-refractivity contribution in [2.75, 3.05) is 13.1 Å².